The van der Waals surface area contributed by atoms with Crippen LogP contribution in [-0.2, 0) is 0 Å². The summed E-state index contributed by atoms with van der Waals surface area (Å²) in [5.74, 6) is 1.52. The fraction of sp³-hybridized carbons (Fsp3) is 0.400. The van der Waals surface area contributed by atoms with Gasteiger partial charge in [0, 0.05) is 16.1 Å². The second kappa shape index (κ2) is 6.67. The molecule has 0 bridgehead atoms. The smallest absolute Gasteiger partial charge is 0.281 e. The lowest BCUT2D eigenvalue weighted by Gasteiger charge is -2.15. The van der Waals surface area contributed by atoms with E-state index in [0.29, 0.717) is 11.3 Å². The number of fused-ring (bicyclic) bond motifs is 3. The van der Waals surface area contributed by atoms with Crippen LogP contribution in [0.5, 0.6) is 0 Å². The molecule has 0 radical (unpaired) electrons. The molecule has 3 nitrogen and oxygen atoms in total. The standard InChI is InChI=1S/C20H23BrN2O/c1-5-7-12(2)13(3)10-15-11-14(4)19-22-20(24)18-16(21)8-6-9-17(18)23(15)19/h6,8-12,14H,5,7H2,1-4H3/b13-10+. The van der Waals surface area contributed by atoms with Crippen LogP contribution in [0.2, 0.25) is 0 Å². The minimum absolute atomic E-state index is 0.140. The Labute approximate surface area is 151 Å². The maximum Gasteiger partial charge on any atom is 0.281 e. The van der Waals surface area contributed by atoms with E-state index in [1.165, 1.54) is 18.4 Å². The molecule has 1 aromatic heterocycles. The molecular formula is C20H23BrN2O. The van der Waals surface area contributed by atoms with E-state index in [1.807, 2.05) is 18.2 Å². The number of aromatic nitrogens is 2. The first-order valence-electron chi connectivity index (χ1n) is 8.55. The highest BCUT2D eigenvalue weighted by molar-refractivity contribution is 9.10. The van der Waals surface area contributed by atoms with Crippen LogP contribution in [0.4, 0.5) is 0 Å². The van der Waals surface area contributed by atoms with Gasteiger partial charge in [0.1, 0.15) is 5.82 Å². The van der Waals surface area contributed by atoms with E-state index < -0.39 is 0 Å². The number of rotatable bonds is 4. The van der Waals surface area contributed by atoms with Gasteiger partial charge in [0.15, 0.2) is 0 Å². The van der Waals surface area contributed by atoms with Gasteiger partial charge in [-0.2, -0.15) is 4.98 Å². The van der Waals surface area contributed by atoms with E-state index in [9.17, 15) is 4.79 Å². The van der Waals surface area contributed by atoms with Crippen molar-refractivity contribution >= 4 is 32.5 Å². The third-order valence-electron chi connectivity index (χ3n) is 4.85. The summed E-state index contributed by atoms with van der Waals surface area (Å²) >= 11 is 3.50. The van der Waals surface area contributed by atoms with Gasteiger partial charge >= 0.3 is 0 Å². The van der Waals surface area contributed by atoms with Crippen LogP contribution in [0.3, 0.4) is 0 Å². The zero-order valence-corrected chi connectivity index (χ0v) is 16.2. The van der Waals surface area contributed by atoms with Crippen LogP contribution < -0.4 is 5.56 Å². The minimum atomic E-state index is -0.162. The molecule has 2 unspecified atom stereocenters. The van der Waals surface area contributed by atoms with Gasteiger partial charge < -0.3 is 0 Å². The first kappa shape index (κ1) is 17.2. The summed E-state index contributed by atoms with van der Waals surface area (Å²) in [6, 6.07) is 5.86. The van der Waals surface area contributed by atoms with Gasteiger partial charge in [-0.05, 0) is 59.5 Å². The number of hydrogen-bond donors (Lipinski definition) is 0. The summed E-state index contributed by atoms with van der Waals surface area (Å²) in [5, 5.41) is 0.647. The van der Waals surface area contributed by atoms with Crippen molar-refractivity contribution < 1.29 is 0 Å². The SMILES string of the molecule is CCCC(C)/C(C)=C/C1=CC(C)c2nc(=O)c3c(Br)cccc3n21. The van der Waals surface area contributed by atoms with E-state index in [-0.39, 0.29) is 11.5 Å². The molecule has 0 fully saturated rings. The summed E-state index contributed by atoms with van der Waals surface area (Å²) in [7, 11) is 0. The molecule has 2 aromatic rings. The van der Waals surface area contributed by atoms with Crippen molar-refractivity contribution in [3.8, 4) is 0 Å². The van der Waals surface area contributed by atoms with Gasteiger partial charge in [-0.3, -0.25) is 9.36 Å². The number of halogens is 1. The van der Waals surface area contributed by atoms with E-state index in [1.54, 1.807) is 0 Å². The van der Waals surface area contributed by atoms with Gasteiger partial charge in [-0.15, -0.1) is 0 Å². The molecule has 0 saturated heterocycles. The fourth-order valence-corrected chi connectivity index (χ4v) is 3.90. The zero-order chi connectivity index (χ0) is 17.4. The second-order valence-electron chi connectivity index (χ2n) is 6.70. The Kier molecular flexibility index (Phi) is 4.77. The van der Waals surface area contributed by atoms with Gasteiger partial charge in [0.25, 0.3) is 5.56 Å². The molecule has 0 saturated carbocycles. The van der Waals surface area contributed by atoms with Crippen LogP contribution in [0.1, 0.15) is 52.3 Å². The Morgan fingerprint density at radius 2 is 2.21 bits per heavy atom. The number of hydrogen-bond acceptors (Lipinski definition) is 2. The zero-order valence-electron chi connectivity index (χ0n) is 14.6. The molecule has 4 heteroatoms. The topological polar surface area (TPSA) is 34.9 Å². The second-order valence-corrected chi connectivity index (χ2v) is 7.56. The number of allylic oxidation sites excluding steroid dienone is 4. The average molecular weight is 387 g/mol. The van der Waals surface area contributed by atoms with Crippen molar-refractivity contribution in [1.82, 2.24) is 9.55 Å². The van der Waals surface area contributed by atoms with Crippen LogP contribution in [0.25, 0.3) is 16.6 Å². The highest BCUT2D eigenvalue weighted by atomic mass is 79.9. The maximum atomic E-state index is 12.4. The van der Waals surface area contributed by atoms with Crippen molar-refractivity contribution in [2.45, 2.75) is 46.5 Å². The van der Waals surface area contributed by atoms with E-state index >= 15 is 0 Å². The Balaban J connectivity index is 2.20. The highest BCUT2D eigenvalue weighted by Crippen LogP contribution is 2.34. The normalized spacial score (nSPS) is 18.6. The van der Waals surface area contributed by atoms with Crippen molar-refractivity contribution in [2.24, 2.45) is 5.92 Å². The van der Waals surface area contributed by atoms with Crippen molar-refractivity contribution in [3.63, 3.8) is 0 Å². The Morgan fingerprint density at radius 1 is 1.46 bits per heavy atom. The molecule has 126 valence electrons. The number of benzene rings is 1. The van der Waals surface area contributed by atoms with Crippen LogP contribution in [0.15, 0.2) is 45.2 Å². The van der Waals surface area contributed by atoms with Crippen molar-refractivity contribution in [2.75, 3.05) is 0 Å². The first-order chi connectivity index (χ1) is 11.4. The van der Waals surface area contributed by atoms with Gasteiger partial charge in [-0.1, -0.05) is 38.8 Å². The summed E-state index contributed by atoms with van der Waals surface area (Å²) in [6.45, 7) is 8.77. The third-order valence-corrected chi connectivity index (χ3v) is 5.51. The number of nitrogens with zero attached hydrogens (tertiary/aromatic N) is 2. The minimum Gasteiger partial charge on any atom is -0.297 e. The van der Waals surface area contributed by atoms with Gasteiger partial charge in [0.05, 0.1) is 10.9 Å². The average Bonchev–Trinajstić information content (AvgIpc) is 2.83. The van der Waals surface area contributed by atoms with Gasteiger partial charge in [-0.25, -0.2) is 0 Å². The van der Waals surface area contributed by atoms with E-state index in [0.717, 1.165) is 21.5 Å². The Morgan fingerprint density at radius 3 is 2.92 bits per heavy atom. The quantitative estimate of drug-likeness (QED) is 0.694. The third kappa shape index (κ3) is 2.88. The highest BCUT2D eigenvalue weighted by Gasteiger charge is 2.24. The predicted octanol–water partition coefficient (Wildman–Crippen LogP) is 5.50. The summed E-state index contributed by atoms with van der Waals surface area (Å²) in [4.78, 5) is 16.8. The molecule has 0 aliphatic carbocycles. The van der Waals surface area contributed by atoms with E-state index in [4.69, 9.17) is 0 Å². The first-order valence-corrected chi connectivity index (χ1v) is 9.34. The fourth-order valence-electron chi connectivity index (χ4n) is 3.38. The van der Waals surface area contributed by atoms with Crippen LogP contribution in [-0.4, -0.2) is 9.55 Å². The van der Waals surface area contributed by atoms with E-state index in [2.05, 4.69) is 65.3 Å². The molecular weight excluding hydrogens is 364 g/mol. The molecule has 2 atom stereocenters. The summed E-state index contributed by atoms with van der Waals surface area (Å²) < 4.78 is 2.93. The molecule has 1 aromatic carbocycles. The van der Waals surface area contributed by atoms with Crippen LogP contribution in [0, 0.1) is 5.92 Å². The molecule has 24 heavy (non-hydrogen) atoms. The maximum absolute atomic E-state index is 12.4. The molecule has 0 amide bonds. The lowest BCUT2D eigenvalue weighted by Crippen LogP contribution is -2.16. The molecule has 2 heterocycles. The Bertz CT molecular complexity index is 908. The molecule has 0 spiro atoms. The lowest BCUT2D eigenvalue weighted by molar-refractivity contribution is 0.601. The summed E-state index contributed by atoms with van der Waals surface area (Å²) in [6.07, 6.45) is 6.82. The monoisotopic (exact) mass is 386 g/mol. The molecule has 1 aliphatic rings. The predicted molar refractivity (Wildman–Crippen MR) is 104 cm³/mol. The van der Waals surface area contributed by atoms with Crippen molar-refractivity contribution in [3.05, 3.63) is 56.6 Å². The lowest BCUT2D eigenvalue weighted by atomic mass is 9.97. The van der Waals surface area contributed by atoms with Crippen LogP contribution >= 0.6 is 15.9 Å². The Hall–Kier alpha value is -1.68. The largest absolute Gasteiger partial charge is 0.297 e. The molecule has 3 rings (SSSR count). The van der Waals surface area contributed by atoms with Gasteiger partial charge in [0.2, 0.25) is 0 Å². The molecule has 1 aliphatic heterocycles. The molecule has 0 N–H and O–H groups in total. The van der Waals surface area contributed by atoms with Crippen molar-refractivity contribution in [1.29, 1.82) is 0 Å². The summed E-state index contributed by atoms with van der Waals surface area (Å²) in [5.41, 5.74) is 3.24.